The molecule has 0 N–H and O–H groups in total. The van der Waals surface area contributed by atoms with Crippen LogP contribution in [0.4, 0.5) is 5.69 Å². The first-order valence-electron chi connectivity index (χ1n) is 10.7. The molecule has 5 rings (SSSR count). The van der Waals surface area contributed by atoms with Crippen LogP contribution < -0.4 is 16.1 Å². The largest absolute Gasteiger partial charge is 0.369 e. The fourth-order valence-electron chi connectivity index (χ4n) is 4.09. The molecule has 2 aromatic heterocycles. The number of hydrogen-bond acceptors (Lipinski definition) is 6. The van der Waals surface area contributed by atoms with E-state index in [1.165, 1.54) is 19.0 Å². The van der Waals surface area contributed by atoms with Gasteiger partial charge in [0.05, 0.1) is 17.2 Å². The number of aromatic nitrogens is 4. The highest BCUT2D eigenvalue weighted by Gasteiger charge is 2.23. The first kappa shape index (κ1) is 19.0. The van der Waals surface area contributed by atoms with Gasteiger partial charge in [0, 0.05) is 63.9 Å². The summed E-state index contributed by atoms with van der Waals surface area (Å²) in [5.41, 5.74) is 1.74. The van der Waals surface area contributed by atoms with Gasteiger partial charge in [0.25, 0.3) is 5.56 Å². The minimum atomic E-state index is -0.198. The number of anilines is 1. The Kier molecular flexibility index (Phi) is 5.08. The lowest BCUT2D eigenvalue weighted by Gasteiger charge is -2.36. The SMILES string of the molecule is O=c1ncccn1CCN1CCN(c2ccc3c(=O)n(CC4CC4)cnc3c2)CC1. The number of hydrogen-bond donors (Lipinski definition) is 0. The Morgan fingerprint density at radius 3 is 2.57 bits per heavy atom. The Balaban J connectivity index is 1.23. The maximum atomic E-state index is 12.7. The van der Waals surface area contributed by atoms with Gasteiger partial charge in [0.1, 0.15) is 0 Å². The summed E-state index contributed by atoms with van der Waals surface area (Å²) in [6.45, 7) is 5.96. The fourth-order valence-corrected chi connectivity index (χ4v) is 4.09. The molecule has 0 spiro atoms. The molecule has 156 valence electrons. The molecule has 1 aliphatic carbocycles. The summed E-state index contributed by atoms with van der Waals surface area (Å²) in [4.78, 5) is 37.5. The van der Waals surface area contributed by atoms with E-state index in [1.54, 1.807) is 27.7 Å². The van der Waals surface area contributed by atoms with Crippen molar-refractivity contribution < 1.29 is 0 Å². The van der Waals surface area contributed by atoms with Crippen LogP contribution in [0.2, 0.25) is 0 Å². The molecule has 1 saturated carbocycles. The van der Waals surface area contributed by atoms with Gasteiger partial charge in [0.2, 0.25) is 0 Å². The number of fused-ring (bicyclic) bond motifs is 1. The molecule has 2 aliphatic rings. The third-order valence-corrected chi connectivity index (χ3v) is 6.14. The summed E-state index contributed by atoms with van der Waals surface area (Å²) in [6.07, 6.45) is 7.44. The van der Waals surface area contributed by atoms with Crippen LogP contribution >= 0.6 is 0 Å². The second-order valence-corrected chi connectivity index (χ2v) is 8.27. The van der Waals surface area contributed by atoms with Crippen LogP contribution in [0.15, 0.2) is 52.6 Å². The highest BCUT2D eigenvalue weighted by Crippen LogP contribution is 2.30. The van der Waals surface area contributed by atoms with Crippen molar-refractivity contribution in [3.63, 3.8) is 0 Å². The number of piperazine rings is 1. The second-order valence-electron chi connectivity index (χ2n) is 8.27. The van der Waals surface area contributed by atoms with Crippen molar-refractivity contribution in [1.82, 2.24) is 24.0 Å². The first-order chi connectivity index (χ1) is 14.7. The monoisotopic (exact) mass is 406 g/mol. The molecular weight excluding hydrogens is 380 g/mol. The van der Waals surface area contributed by atoms with Crippen molar-refractivity contribution in [2.45, 2.75) is 25.9 Å². The molecule has 0 bridgehead atoms. The Morgan fingerprint density at radius 1 is 0.967 bits per heavy atom. The van der Waals surface area contributed by atoms with E-state index in [0.29, 0.717) is 17.8 Å². The van der Waals surface area contributed by atoms with E-state index in [2.05, 4.69) is 19.8 Å². The van der Waals surface area contributed by atoms with Crippen LogP contribution in [0, 0.1) is 5.92 Å². The van der Waals surface area contributed by atoms with Gasteiger partial charge in [-0.2, -0.15) is 0 Å². The molecule has 0 radical (unpaired) electrons. The third kappa shape index (κ3) is 4.00. The highest BCUT2D eigenvalue weighted by atomic mass is 16.1. The quantitative estimate of drug-likeness (QED) is 0.612. The van der Waals surface area contributed by atoms with E-state index in [-0.39, 0.29) is 11.2 Å². The van der Waals surface area contributed by atoms with Crippen molar-refractivity contribution in [1.29, 1.82) is 0 Å². The minimum absolute atomic E-state index is 0.0638. The van der Waals surface area contributed by atoms with Gasteiger partial charge in [-0.3, -0.25) is 18.8 Å². The molecule has 30 heavy (non-hydrogen) atoms. The molecule has 2 fully saturated rings. The lowest BCUT2D eigenvalue weighted by atomic mass is 10.2. The van der Waals surface area contributed by atoms with E-state index in [0.717, 1.165) is 50.5 Å². The molecule has 1 aromatic carbocycles. The molecular formula is C22H26N6O2. The van der Waals surface area contributed by atoms with E-state index in [4.69, 9.17) is 0 Å². The van der Waals surface area contributed by atoms with Crippen molar-refractivity contribution in [3.05, 3.63) is 63.8 Å². The van der Waals surface area contributed by atoms with Crippen molar-refractivity contribution in [3.8, 4) is 0 Å². The topological polar surface area (TPSA) is 76.3 Å². The summed E-state index contributed by atoms with van der Waals surface area (Å²) >= 11 is 0. The van der Waals surface area contributed by atoms with Crippen LogP contribution in [0.1, 0.15) is 12.8 Å². The maximum absolute atomic E-state index is 12.7. The van der Waals surface area contributed by atoms with Gasteiger partial charge in [0.15, 0.2) is 0 Å². The van der Waals surface area contributed by atoms with Crippen LogP contribution in [-0.2, 0) is 13.1 Å². The predicted octanol–water partition coefficient (Wildman–Crippen LogP) is 1.19. The predicted molar refractivity (Wildman–Crippen MR) is 116 cm³/mol. The zero-order valence-corrected chi connectivity index (χ0v) is 17.0. The average molecular weight is 406 g/mol. The van der Waals surface area contributed by atoms with E-state index >= 15 is 0 Å². The Morgan fingerprint density at radius 2 is 1.80 bits per heavy atom. The molecule has 3 aromatic rings. The first-order valence-corrected chi connectivity index (χ1v) is 10.7. The summed E-state index contributed by atoms with van der Waals surface area (Å²) in [5, 5.41) is 0.697. The van der Waals surface area contributed by atoms with E-state index in [1.807, 2.05) is 18.2 Å². The van der Waals surface area contributed by atoms with Crippen LogP contribution in [-0.4, -0.2) is 56.7 Å². The molecule has 1 aliphatic heterocycles. The Labute approximate surface area is 174 Å². The third-order valence-electron chi connectivity index (χ3n) is 6.14. The smallest absolute Gasteiger partial charge is 0.347 e. The lowest BCUT2D eigenvalue weighted by molar-refractivity contribution is 0.246. The van der Waals surface area contributed by atoms with Crippen LogP contribution in [0.3, 0.4) is 0 Å². The van der Waals surface area contributed by atoms with Crippen molar-refractivity contribution in [2.24, 2.45) is 5.92 Å². The Hall–Kier alpha value is -3.00. The molecule has 0 unspecified atom stereocenters. The molecule has 3 heterocycles. The number of benzene rings is 1. The second kappa shape index (κ2) is 8.02. The van der Waals surface area contributed by atoms with Gasteiger partial charge in [-0.05, 0) is 43.0 Å². The number of nitrogens with zero attached hydrogens (tertiary/aromatic N) is 6. The Bertz CT molecular complexity index is 1160. The van der Waals surface area contributed by atoms with Crippen LogP contribution in [0.5, 0.6) is 0 Å². The summed E-state index contributed by atoms with van der Waals surface area (Å²) in [6, 6.07) is 7.78. The van der Waals surface area contributed by atoms with Gasteiger partial charge < -0.3 is 4.90 Å². The summed E-state index contributed by atoms with van der Waals surface area (Å²) in [7, 11) is 0. The van der Waals surface area contributed by atoms with Crippen molar-refractivity contribution in [2.75, 3.05) is 37.6 Å². The van der Waals surface area contributed by atoms with Gasteiger partial charge >= 0.3 is 5.69 Å². The van der Waals surface area contributed by atoms with Crippen molar-refractivity contribution >= 4 is 16.6 Å². The summed E-state index contributed by atoms with van der Waals surface area (Å²) < 4.78 is 3.41. The van der Waals surface area contributed by atoms with Gasteiger partial charge in [-0.25, -0.2) is 14.8 Å². The molecule has 1 saturated heterocycles. The van der Waals surface area contributed by atoms with Crippen LogP contribution in [0.25, 0.3) is 10.9 Å². The fraction of sp³-hybridized carbons (Fsp3) is 0.455. The average Bonchev–Trinajstić information content (AvgIpc) is 3.59. The zero-order valence-electron chi connectivity index (χ0n) is 17.0. The molecule has 0 amide bonds. The van der Waals surface area contributed by atoms with Gasteiger partial charge in [-0.15, -0.1) is 0 Å². The standard InChI is InChI=1S/C22H26N6O2/c29-21-19-5-4-18(14-20(19)24-16-28(21)15-17-2-3-17)26-11-8-25(9-12-26)10-13-27-7-1-6-23-22(27)30/h1,4-7,14,16-17H,2-3,8-13,15H2. The molecule has 8 heteroatoms. The maximum Gasteiger partial charge on any atom is 0.347 e. The molecule has 0 atom stereocenters. The molecule has 8 nitrogen and oxygen atoms in total. The number of rotatable bonds is 6. The summed E-state index contributed by atoms with van der Waals surface area (Å²) in [5.74, 6) is 0.648. The van der Waals surface area contributed by atoms with Gasteiger partial charge in [-0.1, -0.05) is 0 Å². The normalized spacial score (nSPS) is 17.5. The van der Waals surface area contributed by atoms with E-state index in [9.17, 15) is 9.59 Å². The minimum Gasteiger partial charge on any atom is -0.369 e. The lowest BCUT2D eigenvalue weighted by Crippen LogP contribution is -2.47. The zero-order chi connectivity index (χ0) is 20.5. The highest BCUT2D eigenvalue weighted by molar-refractivity contribution is 5.81. The van der Waals surface area contributed by atoms with E-state index < -0.39 is 0 Å².